The Labute approximate surface area is 142 Å². The maximum atomic E-state index is 12.5. The lowest BCUT2D eigenvalue weighted by molar-refractivity contribution is -0.115. The van der Waals surface area contributed by atoms with Gasteiger partial charge >= 0.3 is 0 Å². The van der Waals surface area contributed by atoms with Crippen LogP contribution in [-0.2, 0) is 11.2 Å². The van der Waals surface area contributed by atoms with Gasteiger partial charge in [-0.15, -0.1) is 0 Å². The van der Waals surface area contributed by atoms with Crippen molar-refractivity contribution in [1.29, 1.82) is 0 Å². The highest BCUT2D eigenvalue weighted by Crippen LogP contribution is 2.31. The number of hydrogen-bond donors (Lipinski definition) is 1. The first-order valence-electron chi connectivity index (χ1n) is 7.98. The van der Waals surface area contributed by atoms with E-state index in [0.29, 0.717) is 29.8 Å². The fourth-order valence-corrected chi connectivity index (χ4v) is 3.11. The number of ether oxygens (including phenoxy) is 2. The lowest BCUT2D eigenvalue weighted by Gasteiger charge is -2.24. The fraction of sp³-hybridized carbons (Fsp3) is 0.316. The van der Waals surface area contributed by atoms with Gasteiger partial charge in [-0.2, -0.15) is 0 Å². The number of benzene rings is 2. The van der Waals surface area contributed by atoms with E-state index in [-0.39, 0.29) is 5.91 Å². The molecule has 0 spiro atoms. The van der Waals surface area contributed by atoms with Crippen molar-refractivity contribution in [3.05, 3.63) is 48.0 Å². The second-order valence-corrected chi connectivity index (χ2v) is 5.96. The van der Waals surface area contributed by atoms with Crippen molar-refractivity contribution in [2.24, 2.45) is 0 Å². The lowest BCUT2D eigenvalue weighted by atomic mass is 10.1. The maximum absolute atomic E-state index is 12.5. The zero-order valence-electron chi connectivity index (χ0n) is 14.2. The molecular formula is C19H22N2O3. The molecule has 1 aliphatic heterocycles. The summed E-state index contributed by atoms with van der Waals surface area (Å²) in [6, 6.07) is 13.9. The Hall–Kier alpha value is -2.69. The molecule has 126 valence electrons. The van der Waals surface area contributed by atoms with Gasteiger partial charge in [0.2, 0.25) is 5.91 Å². The van der Waals surface area contributed by atoms with E-state index < -0.39 is 0 Å². The van der Waals surface area contributed by atoms with Crippen molar-refractivity contribution < 1.29 is 14.3 Å². The van der Waals surface area contributed by atoms with Crippen LogP contribution in [0.15, 0.2) is 42.5 Å². The Morgan fingerprint density at radius 1 is 1.17 bits per heavy atom. The number of anilines is 2. The average molecular weight is 326 g/mol. The van der Waals surface area contributed by atoms with Gasteiger partial charge in [0, 0.05) is 35.6 Å². The monoisotopic (exact) mass is 326 g/mol. The van der Waals surface area contributed by atoms with Crippen LogP contribution in [0.5, 0.6) is 11.5 Å². The largest absolute Gasteiger partial charge is 0.497 e. The first-order chi connectivity index (χ1) is 11.6. The minimum atomic E-state index is -0.0612. The molecule has 2 aromatic rings. The highest BCUT2D eigenvalue weighted by molar-refractivity contribution is 5.95. The van der Waals surface area contributed by atoms with Crippen LogP contribution < -0.4 is 19.7 Å². The fourth-order valence-electron chi connectivity index (χ4n) is 3.11. The van der Waals surface area contributed by atoms with Crippen LogP contribution in [0.2, 0.25) is 0 Å². The Balaban J connectivity index is 1.72. The third kappa shape index (κ3) is 3.30. The molecule has 0 radical (unpaired) electrons. The highest BCUT2D eigenvalue weighted by atomic mass is 16.5. The quantitative estimate of drug-likeness (QED) is 0.917. The summed E-state index contributed by atoms with van der Waals surface area (Å²) in [5, 5.41) is 2.93. The molecule has 1 aliphatic rings. The van der Waals surface area contributed by atoms with E-state index in [0.717, 1.165) is 12.1 Å². The molecule has 0 bridgehead atoms. The SMILES string of the molecule is COc1cc(NC(=O)CN2c3ccccc3CC2C)cc(OC)c1. The number of carbonyl (C=O) groups is 1. The molecule has 1 N–H and O–H groups in total. The van der Waals surface area contributed by atoms with Gasteiger partial charge in [-0.3, -0.25) is 4.79 Å². The summed E-state index contributed by atoms with van der Waals surface area (Å²) in [5.74, 6) is 1.22. The molecule has 0 fully saturated rings. The van der Waals surface area contributed by atoms with Crippen molar-refractivity contribution in [1.82, 2.24) is 0 Å². The van der Waals surface area contributed by atoms with Crippen molar-refractivity contribution in [2.45, 2.75) is 19.4 Å². The van der Waals surface area contributed by atoms with Gasteiger partial charge in [0.15, 0.2) is 0 Å². The molecule has 0 aliphatic carbocycles. The third-order valence-corrected chi connectivity index (χ3v) is 4.30. The van der Waals surface area contributed by atoms with Gasteiger partial charge in [0.1, 0.15) is 11.5 Å². The highest BCUT2D eigenvalue weighted by Gasteiger charge is 2.27. The third-order valence-electron chi connectivity index (χ3n) is 4.30. The van der Waals surface area contributed by atoms with Crippen LogP contribution in [0, 0.1) is 0 Å². The van der Waals surface area contributed by atoms with E-state index >= 15 is 0 Å². The summed E-state index contributed by atoms with van der Waals surface area (Å²) >= 11 is 0. The zero-order chi connectivity index (χ0) is 17.1. The molecule has 5 heteroatoms. The average Bonchev–Trinajstić information content (AvgIpc) is 2.90. The number of para-hydroxylation sites is 1. The second-order valence-electron chi connectivity index (χ2n) is 5.96. The normalized spacial score (nSPS) is 15.8. The van der Waals surface area contributed by atoms with E-state index in [9.17, 15) is 4.79 Å². The summed E-state index contributed by atoms with van der Waals surface area (Å²) in [6.45, 7) is 2.46. The van der Waals surface area contributed by atoms with Crippen molar-refractivity contribution in [3.63, 3.8) is 0 Å². The lowest BCUT2D eigenvalue weighted by Crippen LogP contribution is -2.37. The Kier molecular flexibility index (Phi) is 4.60. The van der Waals surface area contributed by atoms with Crippen molar-refractivity contribution >= 4 is 17.3 Å². The van der Waals surface area contributed by atoms with Crippen molar-refractivity contribution in [3.8, 4) is 11.5 Å². The maximum Gasteiger partial charge on any atom is 0.243 e. The smallest absolute Gasteiger partial charge is 0.243 e. The first-order valence-corrected chi connectivity index (χ1v) is 7.98. The summed E-state index contributed by atoms with van der Waals surface area (Å²) in [4.78, 5) is 14.6. The molecule has 0 saturated heterocycles. The van der Waals surface area contributed by atoms with Crippen molar-refractivity contribution in [2.75, 3.05) is 31.0 Å². The molecular weight excluding hydrogens is 304 g/mol. The van der Waals surface area contributed by atoms with Gasteiger partial charge in [-0.1, -0.05) is 18.2 Å². The topological polar surface area (TPSA) is 50.8 Å². The Morgan fingerprint density at radius 2 is 1.83 bits per heavy atom. The molecule has 3 rings (SSSR count). The summed E-state index contributed by atoms with van der Waals surface area (Å²) in [7, 11) is 3.17. The summed E-state index contributed by atoms with van der Waals surface area (Å²) in [6.07, 6.45) is 0.969. The molecule has 1 heterocycles. The number of methoxy groups -OCH3 is 2. The van der Waals surface area contributed by atoms with Crippen LogP contribution in [0.1, 0.15) is 12.5 Å². The minimum Gasteiger partial charge on any atom is -0.497 e. The molecule has 1 unspecified atom stereocenters. The van der Waals surface area contributed by atoms with Crippen LogP contribution in [0.25, 0.3) is 0 Å². The number of nitrogens with zero attached hydrogens (tertiary/aromatic N) is 1. The van der Waals surface area contributed by atoms with Crippen LogP contribution >= 0.6 is 0 Å². The Morgan fingerprint density at radius 3 is 2.50 bits per heavy atom. The van der Waals surface area contributed by atoms with E-state index in [4.69, 9.17) is 9.47 Å². The molecule has 5 nitrogen and oxygen atoms in total. The van der Waals surface area contributed by atoms with E-state index in [1.807, 2.05) is 12.1 Å². The van der Waals surface area contributed by atoms with E-state index in [1.54, 1.807) is 32.4 Å². The molecule has 0 aromatic heterocycles. The number of hydrogen-bond acceptors (Lipinski definition) is 4. The molecule has 0 saturated carbocycles. The van der Waals surface area contributed by atoms with Crippen LogP contribution in [0.3, 0.4) is 0 Å². The van der Waals surface area contributed by atoms with Crippen LogP contribution in [-0.4, -0.2) is 32.7 Å². The summed E-state index contributed by atoms with van der Waals surface area (Å²) in [5.41, 5.74) is 3.10. The predicted octanol–water partition coefficient (Wildman–Crippen LogP) is 3.09. The van der Waals surface area contributed by atoms with Gasteiger partial charge in [0.05, 0.1) is 20.8 Å². The molecule has 1 amide bonds. The summed E-state index contributed by atoms with van der Waals surface area (Å²) < 4.78 is 10.5. The zero-order valence-corrected chi connectivity index (χ0v) is 14.2. The number of nitrogens with one attached hydrogen (secondary N) is 1. The first kappa shape index (κ1) is 16.2. The van der Waals surface area contributed by atoms with E-state index in [1.165, 1.54) is 5.56 Å². The predicted molar refractivity (Wildman–Crippen MR) is 95.1 cm³/mol. The number of rotatable bonds is 5. The minimum absolute atomic E-state index is 0.0612. The Bertz CT molecular complexity index is 723. The number of fused-ring (bicyclic) bond motifs is 1. The van der Waals surface area contributed by atoms with Crippen LogP contribution in [0.4, 0.5) is 11.4 Å². The van der Waals surface area contributed by atoms with E-state index in [2.05, 4.69) is 29.3 Å². The molecule has 2 aromatic carbocycles. The molecule has 24 heavy (non-hydrogen) atoms. The van der Waals surface area contributed by atoms with Gasteiger partial charge < -0.3 is 19.7 Å². The van der Waals surface area contributed by atoms with Gasteiger partial charge in [0.25, 0.3) is 0 Å². The second kappa shape index (κ2) is 6.83. The molecule has 1 atom stereocenters. The number of carbonyl (C=O) groups excluding carboxylic acids is 1. The van der Waals surface area contributed by atoms with Gasteiger partial charge in [-0.05, 0) is 25.0 Å². The van der Waals surface area contributed by atoms with Gasteiger partial charge in [-0.25, -0.2) is 0 Å². The number of amides is 1. The standard InChI is InChI=1S/C19H22N2O3/c1-13-8-14-6-4-5-7-18(14)21(13)12-19(22)20-15-9-16(23-2)11-17(10-15)24-3/h4-7,9-11,13H,8,12H2,1-3H3,(H,20,22).